The lowest BCUT2D eigenvalue weighted by atomic mass is 9.85. The molecule has 27 heavy (non-hydrogen) atoms. The summed E-state index contributed by atoms with van der Waals surface area (Å²) < 4.78 is 13.4. The van der Waals surface area contributed by atoms with E-state index in [0.29, 0.717) is 12.8 Å². The van der Waals surface area contributed by atoms with Gasteiger partial charge in [-0.15, -0.1) is 0 Å². The highest BCUT2D eigenvalue weighted by Crippen LogP contribution is 2.28. The van der Waals surface area contributed by atoms with Crippen LogP contribution < -0.4 is 0 Å². The van der Waals surface area contributed by atoms with Gasteiger partial charge in [-0.05, 0) is 56.1 Å². The Kier molecular flexibility index (Phi) is 5.08. The van der Waals surface area contributed by atoms with E-state index in [2.05, 4.69) is 17.0 Å². The lowest BCUT2D eigenvalue weighted by molar-refractivity contribution is -0.0720. The maximum atomic E-state index is 13.4. The summed E-state index contributed by atoms with van der Waals surface area (Å²) >= 11 is 0. The van der Waals surface area contributed by atoms with Gasteiger partial charge in [-0.25, -0.2) is 4.39 Å². The minimum Gasteiger partial charge on any atom is -0.390 e. The molecule has 0 aromatic heterocycles. The Balaban J connectivity index is 1.66. The third-order valence-electron chi connectivity index (χ3n) is 5.80. The zero-order valence-electron chi connectivity index (χ0n) is 15.4. The molecule has 0 aliphatic carbocycles. The van der Waals surface area contributed by atoms with Crippen LogP contribution in [-0.4, -0.2) is 58.7 Å². The van der Waals surface area contributed by atoms with Gasteiger partial charge < -0.3 is 15.1 Å². The molecule has 2 aliphatic heterocycles. The fourth-order valence-corrected chi connectivity index (χ4v) is 4.24. The smallest absolute Gasteiger partial charge is 0.123 e. The van der Waals surface area contributed by atoms with E-state index in [1.807, 2.05) is 19.2 Å². The molecule has 5 heteroatoms. The summed E-state index contributed by atoms with van der Waals surface area (Å²) in [6, 6.07) is 14.5. The van der Waals surface area contributed by atoms with E-state index in [0.717, 1.165) is 29.8 Å². The summed E-state index contributed by atoms with van der Waals surface area (Å²) in [6.07, 6.45) is 0.626. The second-order valence-electron chi connectivity index (χ2n) is 7.63. The molecule has 2 aromatic carbocycles. The number of piperidine rings is 1. The fourth-order valence-electron chi connectivity index (χ4n) is 4.24. The third-order valence-corrected chi connectivity index (χ3v) is 5.80. The minimum absolute atomic E-state index is 0.00681. The number of aliphatic imine (C=N–C) groups is 1. The highest BCUT2D eigenvalue weighted by Gasteiger charge is 2.36. The summed E-state index contributed by atoms with van der Waals surface area (Å²) in [5.41, 5.74) is 4.06. The quantitative estimate of drug-likeness (QED) is 0.875. The maximum absolute atomic E-state index is 13.4. The van der Waals surface area contributed by atoms with E-state index in [4.69, 9.17) is 4.99 Å². The van der Waals surface area contributed by atoms with Crippen molar-refractivity contribution in [1.82, 2.24) is 4.90 Å². The molecule has 0 spiro atoms. The van der Waals surface area contributed by atoms with Crippen LogP contribution in [0.5, 0.6) is 0 Å². The minimum atomic E-state index is -0.759. The van der Waals surface area contributed by atoms with Crippen LogP contribution >= 0.6 is 0 Å². The largest absolute Gasteiger partial charge is 0.390 e. The number of hydrogen-bond donors (Lipinski definition) is 2. The molecule has 4 rings (SSSR count). The standard InChI is InChI=1S/C22H25FN2O2/c1-25-11-10-20(26)22(27)19(25)13-17-12-15-4-2-3-5-18(15)21(24-17)14-6-8-16(23)9-7-14/h2-9,17,19-20,22,26-27H,10-13H2,1H3/t17-,19-,20-,22-/m0/s1. The Morgan fingerprint density at radius 2 is 1.85 bits per heavy atom. The number of benzene rings is 2. The van der Waals surface area contributed by atoms with Crippen molar-refractivity contribution in [3.05, 3.63) is 71.0 Å². The summed E-state index contributed by atoms with van der Waals surface area (Å²) in [5, 5.41) is 20.5. The molecule has 4 atom stereocenters. The van der Waals surface area contributed by atoms with Gasteiger partial charge in [0.2, 0.25) is 0 Å². The Morgan fingerprint density at radius 3 is 2.63 bits per heavy atom. The number of likely N-dealkylation sites (N-methyl/N-ethyl adjacent to an activating group) is 1. The summed E-state index contributed by atoms with van der Waals surface area (Å²) in [6.45, 7) is 0.765. The second kappa shape index (κ2) is 7.50. The lowest BCUT2D eigenvalue weighted by Gasteiger charge is -2.41. The number of nitrogens with zero attached hydrogens (tertiary/aromatic N) is 2. The van der Waals surface area contributed by atoms with Crippen molar-refractivity contribution in [2.24, 2.45) is 4.99 Å². The van der Waals surface area contributed by atoms with E-state index in [-0.39, 0.29) is 17.9 Å². The first-order chi connectivity index (χ1) is 13.0. The summed E-state index contributed by atoms with van der Waals surface area (Å²) in [4.78, 5) is 7.10. The van der Waals surface area contributed by atoms with Crippen LogP contribution in [0.4, 0.5) is 4.39 Å². The molecule has 0 radical (unpaired) electrons. The summed E-state index contributed by atoms with van der Waals surface area (Å²) in [7, 11) is 1.99. The molecule has 0 amide bonds. The highest BCUT2D eigenvalue weighted by atomic mass is 19.1. The number of halogens is 1. The van der Waals surface area contributed by atoms with E-state index in [1.54, 1.807) is 12.1 Å². The molecule has 0 bridgehead atoms. The van der Waals surface area contributed by atoms with Crippen molar-refractivity contribution in [3.8, 4) is 0 Å². The highest BCUT2D eigenvalue weighted by molar-refractivity contribution is 6.14. The molecule has 0 unspecified atom stereocenters. The van der Waals surface area contributed by atoms with Gasteiger partial charge in [0.05, 0.1) is 24.0 Å². The molecular weight excluding hydrogens is 343 g/mol. The van der Waals surface area contributed by atoms with Gasteiger partial charge in [0.1, 0.15) is 5.82 Å². The van der Waals surface area contributed by atoms with Gasteiger partial charge in [0.15, 0.2) is 0 Å². The number of aliphatic hydroxyl groups is 2. The van der Waals surface area contributed by atoms with E-state index in [9.17, 15) is 14.6 Å². The first-order valence-electron chi connectivity index (χ1n) is 9.51. The van der Waals surface area contributed by atoms with Gasteiger partial charge in [-0.2, -0.15) is 0 Å². The molecule has 2 aliphatic rings. The predicted molar refractivity (Wildman–Crippen MR) is 104 cm³/mol. The normalized spacial score (nSPS) is 28.5. The van der Waals surface area contributed by atoms with Crippen molar-refractivity contribution < 1.29 is 14.6 Å². The van der Waals surface area contributed by atoms with E-state index in [1.165, 1.54) is 17.7 Å². The number of aliphatic hydroxyl groups excluding tert-OH is 2. The van der Waals surface area contributed by atoms with Gasteiger partial charge in [0, 0.05) is 23.7 Å². The van der Waals surface area contributed by atoms with Crippen LogP contribution in [0.2, 0.25) is 0 Å². The lowest BCUT2D eigenvalue weighted by Crippen LogP contribution is -2.54. The molecule has 142 valence electrons. The Morgan fingerprint density at radius 1 is 1.11 bits per heavy atom. The fraction of sp³-hybridized carbons (Fsp3) is 0.409. The van der Waals surface area contributed by atoms with Crippen LogP contribution in [0, 0.1) is 5.82 Å². The molecule has 1 fully saturated rings. The van der Waals surface area contributed by atoms with Crippen LogP contribution in [-0.2, 0) is 6.42 Å². The van der Waals surface area contributed by atoms with Crippen LogP contribution in [0.1, 0.15) is 29.5 Å². The molecular formula is C22H25FN2O2. The van der Waals surface area contributed by atoms with Gasteiger partial charge in [0.25, 0.3) is 0 Å². The van der Waals surface area contributed by atoms with Gasteiger partial charge in [-0.3, -0.25) is 4.99 Å². The van der Waals surface area contributed by atoms with Crippen LogP contribution in [0.15, 0.2) is 53.5 Å². The second-order valence-corrected chi connectivity index (χ2v) is 7.63. The summed E-state index contributed by atoms with van der Waals surface area (Å²) in [5.74, 6) is -0.263. The third kappa shape index (κ3) is 3.68. The number of fused-ring (bicyclic) bond motifs is 1. The zero-order chi connectivity index (χ0) is 19.0. The molecule has 0 saturated carbocycles. The van der Waals surface area contributed by atoms with Crippen molar-refractivity contribution in [2.75, 3.05) is 13.6 Å². The molecule has 2 aromatic rings. The predicted octanol–water partition coefficient (Wildman–Crippen LogP) is 2.40. The molecule has 2 heterocycles. The average molecular weight is 368 g/mol. The van der Waals surface area contributed by atoms with Crippen LogP contribution in [0.3, 0.4) is 0 Å². The Labute approximate surface area is 159 Å². The molecule has 4 nitrogen and oxygen atoms in total. The molecule has 2 N–H and O–H groups in total. The van der Waals surface area contributed by atoms with Crippen molar-refractivity contribution >= 4 is 5.71 Å². The van der Waals surface area contributed by atoms with E-state index < -0.39 is 12.2 Å². The van der Waals surface area contributed by atoms with Crippen molar-refractivity contribution in [1.29, 1.82) is 0 Å². The average Bonchev–Trinajstić information content (AvgIpc) is 2.68. The monoisotopic (exact) mass is 368 g/mol. The first kappa shape index (κ1) is 18.3. The first-order valence-corrected chi connectivity index (χ1v) is 9.51. The zero-order valence-corrected chi connectivity index (χ0v) is 15.4. The van der Waals surface area contributed by atoms with E-state index >= 15 is 0 Å². The van der Waals surface area contributed by atoms with Crippen molar-refractivity contribution in [3.63, 3.8) is 0 Å². The van der Waals surface area contributed by atoms with Gasteiger partial charge in [-0.1, -0.05) is 24.3 Å². The number of rotatable bonds is 3. The maximum Gasteiger partial charge on any atom is 0.123 e. The SMILES string of the molecule is CN1CC[C@H](O)[C@@H](O)[C@@H]1C[C@@H]1Cc2ccccc2C(c2ccc(F)cc2)=N1. The topological polar surface area (TPSA) is 56.1 Å². The van der Waals surface area contributed by atoms with Gasteiger partial charge >= 0.3 is 0 Å². The van der Waals surface area contributed by atoms with Crippen LogP contribution in [0.25, 0.3) is 0 Å². The Hall–Kier alpha value is -2.08. The molecule has 1 saturated heterocycles. The van der Waals surface area contributed by atoms with Crippen molar-refractivity contribution in [2.45, 2.75) is 43.6 Å². The number of likely N-dealkylation sites (tertiary alicyclic amines) is 1. The number of hydrogen-bond acceptors (Lipinski definition) is 4. The Bertz CT molecular complexity index is 836.